The van der Waals surface area contributed by atoms with Crippen LogP contribution >= 0.6 is 0 Å². The number of nitrogens with zero attached hydrogens (tertiary/aromatic N) is 3. The van der Waals surface area contributed by atoms with Crippen molar-refractivity contribution < 1.29 is 26.3 Å². The third-order valence-electron chi connectivity index (χ3n) is 5.45. The molecule has 0 saturated heterocycles. The van der Waals surface area contributed by atoms with Gasteiger partial charge in [0.25, 0.3) is 5.91 Å². The third kappa shape index (κ3) is 4.86. The van der Waals surface area contributed by atoms with Crippen LogP contribution in [-0.2, 0) is 31.9 Å². The van der Waals surface area contributed by atoms with E-state index in [0.29, 0.717) is 27.8 Å². The van der Waals surface area contributed by atoms with Crippen molar-refractivity contribution in [3.63, 3.8) is 0 Å². The van der Waals surface area contributed by atoms with E-state index in [1.54, 1.807) is 42.5 Å². The number of carbonyl (C=O) groups excluding carboxylic acids is 1. The van der Waals surface area contributed by atoms with E-state index in [-0.39, 0.29) is 21.9 Å². The highest BCUT2D eigenvalue weighted by Gasteiger charge is 2.21. The summed E-state index contributed by atoms with van der Waals surface area (Å²) in [5, 5.41) is 10.6. The van der Waals surface area contributed by atoms with E-state index in [0.717, 1.165) is 5.06 Å². The van der Waals surface area contributed by atoms with Crippen LogP contribution in [-0.4, -0.2) is 34.7 Å². The molecule has 1 unspecified atom stereocenters. The summed E-state index contributed by atoms with van der Waals surface area (Å²) in [6, 6.07) is 20.5. The van der Waals surface area contributed by atoms with Crippen molar-refractivity contribution in [1.82, 2.24) is 4.57 Å². The van der Waals surface area contributed by atoms with Crippen LogP contribution in [0.1, 0.15) is 16.1 Å². The highest BCUT2D eigenvalue weighted by atomic mass is 32.2. The van der Waals surface area contributed by atoms with E-state index in [1.807, 2.05) is 6.07 Å². The fourth-order valence-corrected chi connectivity index (χ4v) is 5.46. The van der Waals surface area contributed by atoms with Gasteiger partial charge < -0.3 is 14.9 Å². The Balaban J connectivity index is 1.87. The van der Waals surface area contributed by atoms with Crippen molar-refractivity contribution in [2.45, 2.75) is 16.2 Å². The highest BCUT2D eigenvalue weighted by molar-refractivity contribution is 7.91. The van der Waals surface area contributed by atoms with Gasteiger partial charge in [-0.25, -0.2) is 17.7 Å². The first-order valence-corrected chi connectivity index (χ1v) is 12.9. The van der Waals surface area contributed by atoms with E-state index >= 15 is 0 Å². The van der Waals surface area contributed by atoms with Crippen LogP contribution in [0.2, 0.25) is 0 Å². The molecule has 0 radical (unpaired) electrons. The van der Waals surface area contributed by atoms with E-state index in [2.05, 4.69) is 4.28 Å². The number of fused-ring (bicyclic) bond motifs is 1. The standard InChI is InChI=1S/C24H20N4O6S2/c1-27(34-35(30)31)18-9-8-17-13-23(24(26)29)28(22(17)15-18)19-5-3-7-21(14-19)36(32,33)20-6-2-4-16(12-20)10-11-25/h2-9,12-15H,10H2,1H3,(H2,26,29)(H,30,31)/p-1. The van der Waals surface area contributed by atoms with Crippen LogP contribution < -0.4 is 10.8 Å². The molecule has 0 fully saturated rings. The van der Waals surface area contributed by atoms with Gasteiger partial charge in [0.1, 0.15) is 17.1 Å². The number of rotatable bonds is 8. The summed E-state index contributed by atoms with van der Waals surface area (Å²) in [5.74, 6) is -0.740. The molecule has 2 N–H and O–H groups in total. The SMILES string of the molecule is CN(OS(=O)[O-])c1ccc2cc(C(N)=O)n(-c3cccc(S(=O)(=O)c4cccc(CC#N)c4)c3)c2c1. The van der Waals surface area contributed by atoms with Crippen molar-refractivity contribution in [3.05, 3.63) is 84.1 Å². The molecule has 10 nitrogen and oxygen atoms in total. The molecule has 4 rings (SSSR count). The van der Waals surface area contributed by atoms with Gasteiger partial charge >= 0.3 is 0 Å². The summed E-state index contributed by atoms with van der Waals surface area (Å²) in [6.45, 7) is 0. The number of nitrogens with two attached hydrogens (primary N) is 1. The first-order valence-electron chi connectivity index (χ1n) is 10.4. The molecule has 0 bridgehead atoms. The molecule has 0 aliphatic carbocycles. The van der Waals surface area contributed by atoms with Crippen LogP contribution in [0.15, 0.2) is 82.6 Å². The molecule has 1 heterocycles. The minimum Gasteiger partial charge on any atom is -0.748 e. The number of nitriles is 1. The second kappa shape index (κ2) is 9.92. The molecule has 1 atom stereocenters. The minimum absolute atomic E-state index is 0.0234. The summed E-state index contributed by atoms with van der Waals surface area (Å²) in [4.78, 5) is 12.3. The van der Waals surface area contributed by atoms with Crippen molar-refractivity contribution >= 4 is 43.7 Å². The van der Waals surface area contributed by atoms with E-state index in [1.165, 1.54) is 41.9 Å². The number of aromatic nitrogens is 1. The molecule has 0 saturated carbocycles. The minimum atomic E-state index is -3.95. The molecule has 12 heteroatoms. The maximum Gasteiger partial charge on any atom is 0.265 e. The molecule has 4 aromatic rings. The average molecular weight is 524 g/mol. The number of hydroxylamine groups is 1. The molecular formula is C24H19N4O6S2-. The van der Waals surface area contributed by atoms with E-state index < -0.39 is 27.1 Å². The van der Waals surface area contributed by atoms with Crippen molar-refractivity contribution in [1.29, 1.82) is 5.26 Å². The van der Waals surface area contributed by atoms with Crippen molar-refractivity contribution in [2.24, 2.45) is 5.73 Å². The third-order valence-corrected chi connectivity index (χ3v) is 7.55. The molecule has 1 aromatic heterocycles. The predicted molar refractivity (Wildman–Crippen MR) is 131 cm³/mol. The number of amides is 1. The number of primary amides is 1. The lowest BCUT2D eigenvalue weighted by Gasteiger charge is -2.19. The number of carbonyl (C=O) groups is 1. The number of sulfone groups is 1. The van der Waals surface area contributed by atoms with Crippen LogP contribution in [0.25, 0.3) is 16.6 Å². The first-order chi connectivity index (χ1) is 17.1. The highest BCUT2D eigenvalue weighted by Crippen LogP contribution is 2.30. The lowest BCUT2D eigenvalue weighted by Crippen LogP contribution is -2.19. The van der Waals surface area contributed by atoms with E-state index in [9.17, 15) is 22.0 Å². The van der Waals surface area contributed by atoms with Crippen LogP contribution in [0, 0.1) is 11.3 Å². The van der Waals surface area contributed by atoms with Gasteiger partial charge in [-0.15, -0.1) is 0 Å². The monoisotopic (exact) mass is 523 g/mol. The number of hydrogen-bond acceptors (Lipinski definition) is 8. The summed E-state index contributed by atoms with van der Waals surface area (Å²) in [6.07, 6.45) is 0.0706. The Kier molecular flexibility index (Phi) is 6.91. The van der Waals surface area contributed by atoms with Crippen LogP contribution in [0.4, 0.5) is 5.69 Å². The van der Waals surface area contributed by atoms with Gasteiger partial charge in [0.05, 0.1) is 33.5 Å². The van der Waals surface area contributed by atoms with Gasteiger partial charge in [-0.05, 0) is 54.1 Å². The van der Waals surface area contributed by atoms with Gasteiger partial charge in [0, 0.05) is 18.1 Å². The Morgan fingerprint density at radius 1 is 1.11 bits per heavy atom. The molecular weight excluding hydrogens is 504 g/mol. The fourth-order valence-electron chi connectivity index (χ4n) is 3.82. The molecule has 0 spiro atoms. The first kappa shape index (κ1) is 25.1. The second-order valence-corrected chi connectivity index (χ2v) is 10.2. The maximum atomic E-state index is 13.4. The lowest BCUT2D eigenvalue weighted by atomic mass is 10.2. The summed E-state index contributed by atoms with van der Waals surface area (Å²) in [5.41, 5.74) is 7.47. The zero-order valence-electron chi connectivity index (χ0n) is 18.8. The van der Waals surface area contributed by atoms with Gasteiger partial charge in [-0.3, -0.25) is 4.79 Å². The largest absolute Gasteiger partial charge is 0.748 e. The molecule has 36 heavy (non-hydrogen) atoms. The molecule has 0 aliphatic heterocycles. The fraction of sp³-hybridized carbons (Fsp3) is 0.0833. The maximum absolute atomic E-state index is 13.4. The molecule has 1 amide bonds. The topological polar surface area (TPSA) is 159 Å². The van der Waals surface area contributed by atoms with Gasteiger partial charge in [0.2, 0.25) is 9.84 Å². The Labute approximate surface area is 209 Å². The average Bonchev–Trinajstić information content (AvgIpc) is 3.23. The zero-order valence-corrected chi connectivity index (χ0v) is 20.5. The molecule has 0 aliphatic rings. The van der Waals surface area contributed by atoms with E-state index in [4.69, 9.17) is 11.0 Å². The Hall–Kier alpha value is -4.02. The van der Waals surface area contributed by atoms with Crippen LogP contribution in [0.3, 0.4) is 0 Å². The lowest BCUT2D eigenvalue weighted by molar-refractivity contribution is 0.0994. The second-order valence-electron chi connectivity index (χ2n) is 7.73. The Bertz CT molecular complexity index is 1660. The number of anilines is 1. The van der Waals surface area contributed by atoms with Crippen molar-refractivity contribution in [3.8, 4) is 11.8 Å². The van der Waals surface area contributed by atoms with Gasteiger partial charge in [-0.1, -0.05) is 24.3 Å². The summed E-state index contributed by atoms with van der Waals surface area (Å²) >= 11 is -2.80. The summed E-state index contributed by atoms with van der Waals surface area (Å²) < 4.78 is 54.8. The predicted octanol–water partition coefficient (Wildman–Crippen LogP) is 2.79. The smallest absolute Gasteiger partial charge is 0.265 e. The van der Waals surface area contributed by atoms with Crippen LogP contribution in [0.5, 0.6) is 0 Å². The number of hydrogen-bond donors (Lipinski definition) is 1. The van der Waals surface area contributed by atoms with Crippen molar-refractivity contribution in [2.75, 3.05) is 12.1 Å². The Morgan fingerprint density at radius 3 is 2.47 bits per heavy atom. The quantitative estimate of drug-likeness (QED) is 0.273. The number of benzene rings is 3. The zero-order chi connectivity index (χ0) is 26.0. The molecule has 184 valence electrons. The molecule has 3 aromatic carbocycles. The van der Waals surface area contributed by atoms with Gasteiger partial charge in [0.15, 0.2) is 0 Å². The summed E-state index contributed by atoms with van der Waals surface area (Å²) in [7, 11) is -2.55. The Morgan fingerprint density at radius 2 is 1.81 bits per heavy atom. The normalized spacial score (nSPS) is 12.2. The van der Waals surface area contributed by atoms with Gasteiger partial charge in [-0.2, -0.15) is 9.55 Å².